The van der Waals surface area contributed by atoms with Gasteiger partial charge in [-0.05, 0) is 40.3 Å². The van der Waals surface area contributed by atoms with E-state index in [0.29, 0.717) is 5.56 Å². The van der Waals surface area contributed by atoms with E-state index >= 15 is 0 Å². The molecule has 0 unspecified atom stereocenters. The predicted octanol–water partition coefficient (Wildman–Crippen LogP) is 1.97. The number of carboxylic acids is 1. The second-order valence-corrected chi connectivity index (χ2v) is 4.94. The third-order valence-corrected chi connectivity index (χ3v) is 2.93. The van der Waals surface area contributed by atoms with Crippen LogP contribution in [0.15, 0.2) is 24.3 Å². The Bertz CT molecular complexity index is 473. The van der Waals surface area contributed by atoms with Gasteiger partial charge in [0.1, 0.15) is 6.04 Å². The Morgan fingerprint density at radius 3 is 2.21 bits per heavy atom. The van der Waals surface area contributed by atoms with Crippen LogP contribution in [0.2, 0.25) is 0 Å². The summed E-state index contributed by atoms with van der Waals surface area (Å²) >= 11 is 2.04. The van der Waals surface area contributed by atoms with Crippen molar-refractivity contribution < 1.29 is 27.9 Å². The van der Waals surface area contributed by atoms with Crippen molar-refractivity contribution in [2.45, 2.75) is 18.6 Å². The van der Waals surface area contributed by atoms with Crippen molar-refractivity contribution >= 4 is 34.5 Å². The summed E-state index contributed by atoms with van der Waals surface area (Å²) < 4.78 is 37.1. The van der Waals surface area contributed by atoms with Crippen LogP contribution in [0.25, 0.3) is 0 Å². The Morgan fingerprint density at radius 1 is 1.26 bits per heavy atom. The lowest BCUT2D eigenvalue weighted by atomic mass is 10.1. The van der Waals surface area contributed by atoms with Gasteiger partial charge >= 0.3 is 18.1 Å². The summed E-state index contributed by atoms with van der Waals surface area (Å²) in [5.41, 5.74) is 0.523. The minimum Gasteiger partial charge on any atom is -0.480 e. The van der Waals surface area contributed by atoms with Crippen molar-refractivity contribution in [1.29, 1.82) is 0 Å². The maximum absolute atomic E-state index is 12.1. The zero-order valence-electron chi connectivity index (χ0n) is 9.37. The summed E-state index contributed by atoms with van der Waals surface area (Å²) in [6.07, 6.45) is -5.31. The molecule has 1 rings (SSSR count). The molecule has 4 nitrogen and oxygen atoms in total. The number of halogens is 4. The standard InChI is InChI=1S/C11H9F3INO3/c12-11(13,14)10(19)16-8(9(17)18)5-6-1-3-7(15)4-2-6/h1-4,8H,5H2,(H,16,19)(H,17,18)/t8-/m1/s1. The van der Waals surface area contributed by atoms with Crippen LogP contribution in [0.3, 0.4) is 0 Å². The average molecular weight is 387 g/mol. The van der Waals surface area contributed by atoms with E-state index in [2.05, 4.69) is 0 Å². The molecule has 0 aliphatic carbocycles. The van der Waals surface area contributed by atoms with Gasteiger partial charge < -0.3 is 10.4 Å². The van der Waals surface area contributed by atoms with Gasteiger partial charge in [-0.1, -0.05) is 12.1 Å². The number of benzene rings is 1. The molecule has 0 fully saturated rings. The van der Waals surface area contributed by atoms with E-state index in [1.807, 2.05) is 22.6 Å². The van der Waals surface area contributed by atoms with Gasteiger partial charge in [-0.3, -0.25) is 4.79 Å². The molecule has 2 N–H and O–H groups in total. The van der Waals surface area contributed by atoms with E-state index in [1.165, 1.54) is 5.32 Å². The van der Waals surface area contributed by atoms with Crippen molar-refractivity contribution in [3.05, 3.63) is 33.4 Å². The number of hydrogen-bond acceptors (Lipinski definition) is 2. The van der Waals surface area contributed by atoms with Crippen LogP contribution in [0.1, 0.15) is 5.56 Å². The Balaban J connectivity index is 2.77. The van der Waals surface area contributed by atoms with Crippen LogP contribution in [-0.4, -0.2) is 29.2 Å². The molecule has 0 bridgehead atoms. The molecule has 0 saturated carbocycles. The zero-order valence-corrected chi connectivity index (χ0v) is 11.5. The van der Waals surface area contributed by atoms with Gasteiger partial charge in [0, 0.05) is 9.99 Å². The number of hydrogen-bond donors (Lipinski definition) is 2. The van der Waals surface area contributed by atoms with Gasteiger partial charge in [0.15, 0.2) is 0 Å². The van der Waals surface area contributed by atoms with Gasteiger partial charge in [-0.2, -0.15) is 13.2 Å². The first kappa shape index (κ1) is 15.7. The average Bonchev–Trinajstić information content (AvgIpc) is 2.29. The third kappa shape index (κ3) is 5.05. The minimum atomic E-state index is -5.10. The summed E-state index contributed by atoms with van der Waals surface area (Å²) in [6, 6.07) is 4.96. The van der Waals surface area contributed by atoms with Crippen LogP contribution < -0.4 is 5.32 Å². The first-order valence-corrected chi connectivity index (χ1v) is 6.13. The summed E-state index contributed by atoms with van der Waals surface area (Å²) in [4.78, 5) is 21.6. The lowest BCUT2D eigenvalue weighted by Crippen LogP contribution is -2.47. The molecular formula is C11H9F3INO3. The molecular weight excluding hydrogens is 378 g/mol. The number of alkyl halides is 3. The summed E-state index contributed by atoms with van der Waals surface area (Å²) in [5.74, 6) is -3.78. The lowest BCUT2D eigenvalue weighted by molar-refractivity contribution is -0.175. The molecule has 0 radical (unpaired) electrons. The normalized spacial score (nSPS) is 12.8. The third-order valence-electron chi connectivity index (χ3n) is 2.21. The van der Waals surface area contributed by atoms with Gasteiger partial charge in [0.25, 0.3) is 0 Å². The number of carbonyl (C=O) groups is 2. The Labute approximate surface area is 120 Å². The number of amides is 1. The van der Waals surface area contributed by atoms with E-state index in [9.17, 15) is 22.8 Å². The number of carboxylic acid groups (broad SMARTS) is 1. The van der Waals surface area contributed by atoms with Crippen LogP contribution in [-0.2, 0) is 16.0 Å². The SMILES string of the molecule is O=C(O)[C@@H](Cc1ccc(I)cc1)NC(=O)C(F)(F)F. The Hall–Kier alpha value is -1.32. The zero-order chi connectivity index (χ0) is 14.6. The van der Waals surface area contributed by atoms with Crippen LogP contribution in [0.4, 0.5) is 13.2 Å². The summed E-state index contributed by atoms with van der Waals surface area (Å²) in [7, 11) is 0. The quantitative estimate of drug-likeness (QED) is 0.777. The molecule has 1 aromatic rings. The Morgan fingerprint density at radius 2 is 1.79 bits per heavy atom. The van der Waals surface area contributed by atoms with Gasteiger partial charge in [0.2, 0.25) is 0 Å². The molecule has 1 atom stereocenters. The highest BCUT2D eigenvalue weighted by Gasteiger charge is 2.40. The highest BCUT2D eigenvalue weighted by Crippen LogP contribution is 2.15. The van der Waals surface area contributed by atoms with Crippen LogP contribution in [0.5, 0.6) is 0 Å². The highest BCUT2D eigenvalue weighted by atomic mass is 127. The van der Waals surface area contributed by atoms with Gasteiger partial charge in [-0.15, -0.1) is 0 Å². The Kier molecular flexibility index (Phi) is 5.15. The number of aliphatic carboxylic acids is 1. The van der Waals surface area contributed by atoms with Crippen molar-refractivity contribution in [3.8, 4) is 0 Å². The molecule has 0 aliphatic heterocycles. The van der Waals surface area contributed by atoms with Crippen molar-refractivity contribution in [2.75, 3.05) is 0 Å². The van der Waals surface area contributed by atoms with E-state index < -0.39 is 24.1 Å². The fourth-order valence-electron chi connectivity index (χ4n) is 1.30. The second-order valence-electron chi connectivity index (χ2n) is 3.69. The number of carbonyl (C=O) groups excluding carboxylic acids is 1. The molecule has 104 valence electrons. The molecule has 0 heterocycles. The van der Waals surface area contributed by atoms with Crippen LogP contribution >= 0.6 is 22.6 Å². The molecule has 1 aromatic carbocycles. The largest absolute Gasteiger partial charge is 0.480 e. The van der Waals surface area contributed by atoms with Crippen molar-refractivity contribution in [2.24, 2.45) is 0 Å². The van der Waals surface area contributed by atoms with E-state index in [0.717, 1.165) is 3.57 Å². The van der Waals surface area contributed by atoms with E-state index in [1.54, 1.807) is 24.3 Å². The predicted molar refractivity (Wildman–Crippen MR) is 68.5 cm³/mol. The van der Waals surface area contributed by atoms with E-state index in [-0.39, 0.29) is 6.42 Å². The maximum Gasteiger partial charge on any atom is 0.471 e. The minimum absolute atomic E-state index is 0.214. The van der Waals surface area contributed by atoms with Crippen molar-refractivity contribution in [3.63, 3.8) is 0 Å². The molecule has 0 spiro atoms. The summed E-state index contributed by atoms with van der Waals surface area (Å²) in [5, 5.41) is 10.3. The second kappa shape index (κ2) is 6.22. The molecule has 1 amide bonds. The molecule has 19 heavy (non-hydrogen) atoms. The fourth-order valence-corrected chi connectivity index (χ4v) is 1.66. The number of nitrogens with one attached hydrogen (secondary N) is 1. The number of rotatable bonds is 4. The molecule has 0 aliphatic rings. The maximum atomic E-state index is 12.1. The van der Waals surface area contributed by atoms with Gasteiger partial charge in [0.05, 0.1) is 0 Å². The lowest BCUT2D eigenvalue weighted by Gasteiger charge is -2.15. The van der Waals surface area contributed by atoms with Crippen molar-refractivity contribution in [1.82, 2.24) is 5.32 Å². The first-order valence-electron chi connectivity index (χ1n) is 5.05. The fraction of sp³-hybridized carbons (Fsp3) is 0.273. The van der Waals surface area contributed by atoms with Gasteiger partial charge in [-0.25, -0.2) is 4.79 Å². The smallest absolute Gasteiger partial charge is 0.471 e. The monoisotopic (exact) mass is 387 g/mol. The molecule has 0 saturated heterocycles. The van der Waals surface area contributed by atoms with Crippen LogP contribution in [0, 0.1) is 3.57 Å². The first-order chi connectivity index (χ1) is 8.70. The topological polar surface area (TPSA) is 66.4 Å². The summed E-state index contributed by atoms with van der Waals surface area (Å²) in [6.45, 7) is 0. The molecule has 0 aromatic heterocycles. The highest BCUT2D eigenvalue weighted by molar-refractivity contribution is 14.1. The van der Waals surface area contributed by atoms with E-state index in [4.69, 9.17) is 5.11 Å². The molecule has 8 heteroatoms.